The first kappa shape index (κ1) is 24.9. The third-order valence-corrected chi connectivity index (χ3v) is 8.80. The molecule has 6 rings (SSSR count). The van der Waals surface area contributed by atoms with Crippen molar-refractivity contribution in [3.05, 3.63) is 139 Å². The van der Waals surface area contributed by atoms with E-state index < -0.39 is 0 Å². The van der Waals surface area contributed by atoms with Crippen molar-refractivity contribution in [2.75, 3.05) is 0 Å². The van der Waals surface area contributed by atoms with Crippen LogP contribution in [-0.2, 0) is 6.42 Å². The molecular formula is C37H30OS. The molecule has 1 aliphatic carbocycles. The monoisotopic (exact) mass is 522 g/mol. The van der Waals surface area contributed by atoms with Gasteiger partial charge in [-0.25, -0.2) is 0 Å². The molecular weight excluding hydrogens is 492 g/mol. The minimum Gasteiger partial charge on any atom is -0.506 e. The van der Waals surface area contributed by atoms with Crippen molar-refractivity contribution in [3.8, 4) is 16.9 Å². The van der Waals surface area contributed by atoms with Crippen LogP contribution in [0.1, 0.15) is 30.0 Å². The van der Waals surface area contributed by atoms with Gasteiger partial charge in [-0.1, -0.05) is 92.6 Å². The number of phenols is 1. The van der Waals surface area contributed by atoms with Crippen LogP contribution >= 0.6 is 11.3 Å². The molecule has 1 nitrogen and oxygen atoms in total. The summed E-state index contributed by atoms with van der Waals surface area (Å²) in [5.74, 6) is 0.341. The summed E-state index contributed by atoms with van der Waals surface area (Å²) >= 11 is 1.64. The van der Waals surface area contributed by atoms with Crippen molar-refractivity contribution in [2.24, 2.45) is 0 Å². The van der Waals surface area contributed by atoms with Gasteiger partial charge >= 0.3 is 0 Å². The quantitative estimate of drug-likeness (QED) is 0.220. The molecule has 5 aromatic rings. The van der Waals surface area contributed by atoms with E-state index in [1.165, 1.54) is 48.7 Å². The zero-order chi connectivity index (χ0) is 27.1. The molecule has 1 N–H and O–H groups in total. The maximum Gasteiger partial charge on any atom is 0.133 e. The molecule has 0 saturated heterocycles. The number of rotatable bonds is 6. The van der Waals surface area contributed by atoms with Crippen LogP contribution < -0.4 is 0 Å². The number of phenolic OH excluding ortho intramolecular Hbond substituents is 1. The van der Waals surface area contributed by atoms with Crippen LogP contribution in [0.25, 0.3) is 53.7 Å². The molecule has 0 atom stereocenters. The Kier molecular flexibility index (Phi) is 6.42. The third-order valence-electron chi connectivity index (χ3n) is 7.59. The second-order valence-electron chi connectivity index (χ2n) is 9.95. The number of fused-ring (bicyclic) bond motifs is 5. The summed E-state index contributed by atoms with van der Waals surface area (Å²) in [7, 11) is 0. The standard InChI is InChI=1S/C37H30OS/c1-5-12-25(23(3)6-2)21-24(4)35-27-13-7-9-15-29(27)36(30-16-10-8-14-28(30)35)26-19-20-34-32(22-26)31-17-11-18-33(38)37(31)39-34/h5-7,9-13,15-22,38H,2-4,8,14H2,1H3/b12-5-,25-21-. The molecule has 1 aliphatic rings. The molecule has 0 unspecified atom stereocenters. The van der Waals surface area contributed by atoms with Gasteiger partial charge in [-0.15, -0.1) is 11.3 Å². The summed E-state index contributed by atoms with van der Waals surface area (Å²) in [5.41, 5.74) is 9.13. The number of aromatic hydroxyl groups is 1. The molecule has 1 heterocycles. The minimum absolute atomic E-state index is 0.341. The highest BCUT2D eigenvalue weighted by atomic mass is 32.1. The van der Waals surface area contributed by atoms with Gasteiger partial charge in [-0.05, 0) is 99.3 Å². The van der Waals surface area contributed by atoms with Crippen molar-refractivity contribution in [1.82, 2.24) is 0 Å². The molecule has 2 heteroatoms. The van der Waals surface area contributed by atoms with E-state index in [1.807, 2.05) is 19.1 Å². The number of allylic oxidation sites excluding steroid dienone is 8. The van der Waals surface area contributed by atoms with Gasteiger partial charge in [-0.3, -0.25) is 0 Å². The first-order chi connectivity index (χ1) is 19.0. The molecule has 0 radical (unpaired) electrons. The van der Waals surface area contributed by atoms with E-state index >= 15 is 0 Å². The average molecular weight is 523 g/mol. The SMILES string of the molecule is C=CC(=C)C(/C=C\C)=C\C(=C)c1c2c(c(-c3ccc4sc5c(O)cccc5c4c3)c3ccccc13)C=CCC2. The second-order valence-corrected chi connectivity index (χ2v) is 11.0. The van der Waals surface area contributed by atoms with Crippen molar-refractivity contribution < 1.29 is 5.11 Å². The summed E-state index contributed by atoms with van der Waals surface area (Å²) in [4.78, 5) is 0. The van der Waals surface area contributed by atoms with Crippen LogP contribution in [0.4, 0.5) is 0 Å². The van der Waals surface area contributed by atoms with Crippen LogP contribution in [0.5, 0.6) is 5.75 Å². The largest absolute Gasteiger partial charge is 0.506 e. The summed E-state index contributed by atoms with van der Waals surface area (Å²) in [5, 5.41) is 15.2. The molecule has 0 spiro atoms. The van der Waals surface area contributed by atoms with Crippen LogP contribution in [0.15, 0.2) is 122 Å². The van der Waals surface area contributed by atoms with E-state index in [1.54, 1.807) is 23.5 Å². The Labute approximate surface area is 233 Å². The number of thiophene rings is 1. The summed E-state index contributed by atoms with van der Waals surface area (Å²) in [6, 6.07) is 21.2. The fourth-order valence-electron chi connectivity index (χ4n) is 5.81. The van der Waals surface area contributed by atoms with Gasteiger partial charge in [0.2, 0.25) is 0 Å². The Morgan fingerprint density at radius 3 is 2.54 bits per heavy atom. The Hall–Kier alpha value is -4.40. The van der Waals surface area contributed by atoms with Gasteiger partial charge in [0.05, 0.1) is 4.70 Å². The summed E-state index contributed by atoms with van der Waals surface area (Å²) < 4.78 is 2.12. The average Bonchev–Trinajstić information content (AvgIpc) is 3.34. The third kappa shape index (κ3) is 4.18. The molecule has 190 valence electrons. The molecule has 39 heavy (non-hydrogen) atoms. The molecule has 0 fully saturated rings. The van der Waals surface area contributed by atoms with Crippen molar-refractivity contribution in [1.29, 1.82) is 0 Å². The predicted molar refractivity (Wildman–Crippen MR) is 173 cm³/mol. The first-order valence-electron chi connectivity index (χ1n) is 13.3. The Morgan fingerprint density at radius 2 is 1.74 bits per heavy atom. The summed E-state index contributed by atoms with van der Waals surface area (Å²) in [6.07, 6.45) is 14.6. The number of hydrogen-bond donors (Lipinski definition) is 1. The maximum atomic E-state index is 10.5. The lowest BCUT2D eigenvalue weighted by atomic mass is 9.80. The van der Waals surface area contributed by atoms with Crippen molar-refractivity contribution in [3.63, 3.8) is 0 Å². The number of benzene rings is 4. The van der Waals surface area contributed by atoms with E-state index in [0.29, 0.717) is 5.75 Å². The van der Waals surface area contributed by atoms with Crippen molar-refractivity contribution >= 4 is 53.9 Å². The molecule has 1 aromatic heterocycles. The minimum atomic E-state index is 0.341. The molecule has 4 aromatic carbocycles. The fourth-order valence-corrected chi connectivity index (χ4v) is 6.90. The lowest BCUT2D eigenvalue weighted by Crippen LogP contribution is -2.04. The van der Waals surface area contributed by atoms with E-state index in [0.717, 1.165) is 39.6 Å². The van der Waals surface area contributed by atoms with Crippen LogP contribution in [-0.4, -0.2) is 5.11 Å². The maximum absolute atomic E-state index is 10.5. The second kappa shape index (κ2) is 10.1. The lowest BCUT2D eigenvalue weighted by molar-refractivity contribution is 0.482. The zero-order valence-electron chi connectivity index (χ0n) is 22.1. The van der Waals surface area contributed by atoms with Crippen LogP contribution in [0.2, 0.25) is 0 Å². The summed E-state index contributed by atoms with van der Waals surface area (Å²) in [6.45, 7) is 14.7. The first-order valence-corrected chi connectivity index (χ1v) is 14.1. The van der Waals surface area contributed by atoms with E-state index in [2.05, 4.69) is 92.6 Å². The van der Waals surface area contributed by atoms with Gasteiger partial charge in [0, 0.05) is 15.5 Å². The van der Waals surface area contributed by atoms with Gasteiger partial charge in [0.15, 0.2) is 0 Å². The highest BCUT2D eigenvalue weighted by Gasteiger charge is 2.22. The molecule has 0 amide bonds. The molecule has 0 saturated carbocycles. The topological polar surface area (TPSA) is 20.2 Å². The fraction of sp³-hybridized carbons (Fsp3) is 0.0811. The zero-order valence-corrected chi connectivity index (χ0v) is 22.9. The van der Waals surface area contributed by atoms with E-state index in [4.69, 9.17) is 0 Å². The number of hydrogen-bond acceptors (Lipinski definition) is 2. The van der Waals surface area contributed by atoms with Crippen molar-refractivity contribution in [2.45, 2.75) is 19.8 Å². The Bertz CT molecular complexity index is 1920. The highest BCUT2D eigenvalue weighted by molar-refractivity contribution is 7.26. The van der Waals surface area contributed by atoms with Gasteiger partial charge in [0.1, 0.15) is 5.75 Å². The molecule has 0 aliphatic heterocycles. The predicted octanol–water partition coefficient (Wildman–Crippen LogP) is 10.8. The van der Waals surface area contributed by atoms with Crippen LogP contribution in [0, 0.1) is 0 Å². The Morgan fingerprint density at radius 1 is 0.949 bits per heavy atom. The smallest absolute Gasteiger partial charge is 0.133 e. The normalized spacial score (nSPS) is 13.4. The van der Waals surface area contributed by atoms with E-state index in [-0.39, 0.29) is 0 Å². The highest BCUT2D eigenvalue weighted by Crippen LogP contribution is 2.45. The Balaban J connectivity index is 1.64. The molecule has 0 bridgehead atoms. The van der Waals surface area contributed by atoms with Crippen LogP contribution in [0.3, 0.4) is 0 Å². The van der Waals surface area contributed by atoms with E-state index in [9.17, 15) is 5.11 Å². The van der Waals surface area contributed by atoms with Gasteiger partial charge in [0.25, 0.3) is 0 Å². The lowest BCUT2D eigenvalue weighted by Gasteiger charge is -2.24. The van der Waals surface area contributed by atoms with Gasteiger partial charge < -0.3 is 5.11 Å². The van der Waals surface area contributed by atoms with Gasteiger partial charge in [-0.2, -0.15) is 0 Å².